The summed E-state index contributed by atoms with van der Waals surface area (Å²) in [4.78, 5) is 0.191. The van der Waals surface area contributed by atoms with E-state index in [0.717, 1.165) is 0 Å². The number of nitrogen functional groups attached to an aromatic ring is 1. The van der Waals surface area contributed by atoms with Crippen LogP contribution in [0.25, 0.3) is 0 Å². The predicted molar refractivity (Wildman–Crippen MR) is 77.5 cm³/mol. The number of anilines is 2. The SMILES string of the molecule is Cc1cc(N)cc(C)c1S(=O)(=O)Nc1ccc(F)cc1. The molecule has 4 nitrogen and oxygen atoms in total. The van der Waals surface area contributed by atoms with E-state index < -0.39 is 15.8 Å². The fraction of sp³-hybridized carbons (Fsp3) is 0.143. The Morgan fingerprint density at radius 3 is 2.05 bits per heavy atom. The lowest BCUT2D eigenvalue weighted by Gasteiger charge is -2.13. The summed E-state index contributed by atoms with van der Waals surface area (Å²) in [6, 6.07) is 8.34. The maximum Gasteiger partial charge on any atom is 0.262 e. The Balaban J connectivity index is 2.43. The highest BCUT2D eigenvalue weighted by atomic mass is 32.2. The largest absolute Gasteiger partial charge is 0.399 e. The van der Waals surface area contributed by atoms with E-state index in [4.69, 9.17) is 5.73 Å². The van der Waals surface area contributed by atoms with Gasteiger partial charge in [-0.2, -0.15) is 0 Å². The molecule has 6 heteroatoms. The second-order valence-corrected chi connectivity index (χ2v) is 6.22. The number of nitrogens with two attached hydrogens (primary N) is 1. The summed E-state index contributed by atoms with van der Waals surface area (Å²) in [6.07, 6.45) is 0. The summed E-state index contributed by atoms with van der Waals surface area (Å²) in [7, 11) is -3.73. The molecule has 2 aromatic rings. The Morgan fingerprint density at radius 2 is 1.55 bits per heavy atom. The van der Waals surface area contributed by atoms with Gasteiger partial charge in [0.15, 0.2) is 0 Å². The number of benzene rings is 2. The van der Waals surface area contributed by atoms with Gasteiger partial charge in [-0.25, -0.2) is 12.8 Å². The average Bonchev–Trinajstić information content (AvgIpc) is 2.30. The van der Waals surface area contributed by atoms with E-state index in [1.54, 1.807) is 26.0 Å². The molecule has 106 valence electrons. The van der Waals surface area contributed by atoms with Gasteiger partial charge in [0, 0.05) is 11.4 Å². The van der Waals surface area contributed by atoms with Crippen LogP contribution >= 0.6 is 0 Å². The molecule has 0 fully saturated rings. The summed E-state index contributed by atoms with van der Waals surface area (Å²) in [5.74, 6) is -0.423. The number of nitrogens with one attached hydrogen (secondary N) is 1. The second-order valence-electron chi connectivity index (χ2n) is 4.60. The molecule has 0 heterocycles. The Kier molecular flexibility index (Phi) is 3.67. The van der Waals surface area contributed by atoms with Gasteiger partial charge in [-0.1, -0.05) is 0 Å². The maximum absolute atomic E-state index is 12.8. The van der Waals surface area contributed by atoms with Gasteiger partial charge in [-0.3, -0.25) is 4.72 Å². The Hall–Kier alpha value is -2.08. The third-order valence-corrected chi connectivity index (χ3v) is 4.53. The number of rotatable bonds is 3. The van der Waals surface area contributed by atoms with Crippen molar-refractivity contribution in [3.05, 3.63) is 53.3 Å². The zero-order valence-corrected chi connectivity index (χ0v) is 12.0. The van der Waals surface area contributed by atoms with Gasteiger partial charge in [0.25, 0.3) is 10.0 Å². The van der Waals surface area contributed by atoms with Gasteiger partial charge in [0.2, 0.25) is 0 Å². The molecule has 0 spiro atoms. The van der Waals surface area contributed by atoms with Crippen molar-refractivity contribution in [2.75, 3.05) is 10.5 Å². The third kappa shape index (κ3) is 2.91. The summed E-state index contributed by atoms with van der Waals surface area (Å²) in [6.45, 7) is 3.37. The van der Waals surface area contributed by atoms with Crippen molar-refractivity contribution >= 4 is 21.4 Å². The first-order valence-corrected chi connectivity index (χ1v) is 7.43. The van der Waals surface area contributed by atoms with Crippen LogP contribution in [-0.4, -0.2) is 8.42 Å². The van der Waals surface area contributed by atoms with E-state index in [1.807, 2.05) is 0 Å². The second kappa shape index (κ2) is 5.13. The lowest BCUT2D eigenvalue weighted by atomic mass is 10.1. The van der Waals surface area contributed by atoms with Gasteiger partial charge in [0.05, 0.1) is 4.90 Å². The first kappa shape index (κ1) is 14.3. The van der Waals surface area contributed by atoms with E-state index in [2.05, 4.69) is 4.72 Å². The molecule has 2 aromatic carbocycles. The zero-order chi connectivity index (χ0) is 14.9. The van der Waals surface area contributed by atoms with Crippen molar-refractivity contribution < 1.29 is 12.8 Å². The van der Waals surface area contributed by atoms with Crippen LogP contribution in [0.4, 0.5) is 15.8 Å². The summed E-state index contributed by atoms with van der Waals surface area (Å²) >= 11 is 0. The van der Waals surface area contributed by atoms with Gasteiger partial charge in [0.1, 0.15) is 5.82 Å². The lowest BCUT2D eigenvalue weighted by molar-refractivity contribution is 0.600. The lowest BCUT2D eigenvalue weighted by Crippen LogP contribution is -2.16. The van der Waals surface area contributed by atoms with Crippen LogP contribution in [0, 0.1) is 19.7 Å². The number of aryl methyl sites for hydroxylation is 2. The van der Waals surface area contributed by atoms with E-state index >= 15 is 0 Å². The average molecular weight is 294 g/mol. The van der Waals surface area contributed by atoms with E-state index in [9.17, 15) is 12.8 Å². The Morgan fingerprint density at radius 1 is 1.05 bits per heavy atom. The van der Waals surface area contributed by atoms with Crippen molar-refractivity contribution in [3.63, 3.8) is 0 Å². The molecule has 0 atom stereocenters. The third-order valence-electron chi connectivity index (χ3n) is 2.85. The maximum atomic E-state index is 12.8. The van der Waals surface area contributed by atoms with Gasteiger partial charge >= 0.3 is 0 Å². The summed E-state index contributed by atoms with van der Waals surface area (Å²) in [5, 5.41) is 0. The van der Waals surface area contributed by atoms with Crippen LogP contribution in [0.2, 0.25) is 0 Å². The van der Waals surface area contributed by atoms with Gasteiger partial charge in [-0.05, 0) is 61.4 Å². The van der Waals surface area contributed by atoms with Crippen molar-refractivity contribution in [2.24, 2.45) is 0 Å². The highest BCUT2D eigenvalue weighted by molar-refractivity contribution is 7.92. The van der Waals surface area contributed by atoms with Crippen molar-refractivity contribution in [1.82, 2.24) is 0 Å². The Labute approximate surface area is 117 Å². The van der Waals surface area contributed by atoms with Crippen molar-refractivity contribution in [2.45, 2.75) is 18.7 Å². The molecule has 0 saturated carbocycles. The molecule has 0 unspecified atom stereocenters. The first-order chi connectivity index (χ1) is 9.29. The Bertz CT molecular complexity index is 717. The van der Waals surface area contributed by atoms with Crippen LogP contribution < -0.4 is 10.5 Å². The number of halogens is 1. The van der Waals surface area contributed by atoms with E-state index in [1.165, 1.54) is 24.3 Å². The molecule has 0 aliphatic carbocycles. The summed E-state index contributed by atoms with van der Waals surface area (Å²) < 4.78 is 40.0. The molecular formula is C14H15FN2O2S. The number of hydrogen-bond acceptors (Lipinski definition) is 3. The standard InChI is InChI=1S/C14H15FN2O2S/c1-9-7-12(16)8-10(2)14(9)20(18,19)17-13-5-3-11(15)4-6-13/h3-8,17H,16H2,1-2H3. The highest BCUT2D eigenvalue weighted by Crippen LogP contribution is 2.25. The summed E-state index contributed by atoms with van der Waals surface area (Å²) in [5.41, 5.74) is 7.64. The quantitative estimate of drug-likeness (QED) is 0.855. The van der Waals surface area contributed by atoms with Crippen LogP contribution in [0.5, 0.6) is 0 Å². The normalized spacial score (nSPS) is 11.3. The molecule has 20 heavy (non-hydrogen) atoms. The zero-order valence-electron chi connectivity index (χ0n) is 11.1. The molecule has 0 amide bonds. The van der Waals surface area contributed by atoms with Crippen LogP contribution in [0.1, 0.15) is 11.1 Å². The molecule has 0 aromatic heterocycles. The topological polar surface area (TPSA) is 72.2 Å². The number of hydrogen-bond donors (Lipinski definition) is 2. The molecule has 0 aliphatic rings. The van der Waals surface area contributed by atoms with Crippen molar-refractivity contribution in [3.8, 4) is 0 Å². The van der Waals surface area contributed by atoms with Crippen molar-refractivity contribution in [1.29, 1.82) is 0 Å². The molecule has 0 aliphatic heterocycles. The molecule has 2 rings (SSSR count). The molecular weight excluding hydrogens is 279 g/mol. The van der Waals surface area contributed by atoms with Gasteiger partial charge < -0.3 is 5.73 Å². The number of sulfonamides is 1. The molecule has 3 N–H and O–H groups in total. The van der Waals surface area contributed by atoms with Crippen LogP contribution in [0.3, 0.4) is 0 Å². The minimum atomic E-state index is -3.73. The van der Waals surface area contributed by atoms with Gasteiger partial charge in [-0.15, -0.1) is 0 Å². The predicted octanol–water partition coefficient (Wildman–Crippen LogP) is 2.83. The smallest absolute Gasteiger partial charge is 0.262 e. The fourth-order valence-corrected chi connectivity index (χ4v) is 3.65. The monoisotopic (exact) mass is 294 g/mol. The minimum absolute atomic E-state index is 0.191. The fourth-order valence-electron chi connectivity index (χ4n) is 2.13. The first-order valence-electron chi connectivity index (χ1n) is 5.95. The van der Waals surface area contributed by atoms with Crippen LogP contribution in [0.15, 0.2) is 41.3 Å². The minimum Gasteiger partial charge on any atom is -0.399 e. The highest BCUT2D eigenvalue weighted by Gasteiger charge is 2.20. The van der Waals surface area contributed by atoms with Crippen LogP contribution in [-0.2, 0) is 10.0 Å². The van der Waals surface area contributed by atoms with E-state index in [-0.39, 0.29) is 4.90 Å². The van der Waals surface area contributed by atoms with E-state index in [0.29, 0.717) is 22.5 Å². The molecule has 0 saturated heterocycles. The molecule has 0 radical (unpaired) electrons. The molecule has 0 bridgehead atoms.